The SMILES string of the molecule is CCCCC[C@@]12C[C@@H](O)[C@@H](O)C[C@]1(C)[C@H]1CC[C@]3(CCN=C(N)N)[C@@H]4[C@@H](CC#C[C@@H]([C@H]5COC(=O)[C@H]5c5cc[nH]c5)C[C@H]5[C@@H](CC=C6CC[C@@H](C)C[C@@H]65)[C@H](C)C[C@@H](O)[C@]4(C)O)C[C@@]3(O)C1=C(NCC(=O)CCc1ccc(O)cc1)C2=O. The molecule has 0 spiro atoms. The number of hydrogen-bond donors (Lipinski definition) is 10. The molecule has 442 valence electrons. The molecule has 1 aromatic heterocycles. The van der Waals surface area contributed by atoms with Gasteiger partial charge in [-0.25, -0.2) is 0 Å². The third kappa shape index (κ3) is 10.5. The van der Waals surface area contributed by atoms with Crippen molar-refractivity contribution in [2.24, 2.45) is 91.9 Å². The van der Waals surface area contributed by atoms with Crippen molar-refractivity contribution in [3.8, 4) is 17.6 Å². The van der Waals surface area contributed by atoms with Gasteiger partial charge >= 0.3 is 5.97 Å². The minimum atomic E-state index is -1.87. The minimum absolute atomic E-state index is 0.0213. The van der Waals surface area contributed by atoms with Gasteiger partial charge in [0, 0.05) is 60.4 Å². The normalized spacial score (nSPS) is 41.1. The molecule has 1 saturated heterocycles. The van der Waals surface area contributed by atoms with Gasteiger partial charge < -0.3 is 57.1 Å². The number of phenols is 1. The van der Waals surface area contributed by atoms with Gasteiger partial charge in [0.05, 0.1) is 54.3 Å². The Hall–Kier alpha value is -4.98. The Kier molecular flexibility index (Phi) is 17.0. The lowest BCUT2D eigenvalue weighted by molar-refractivity contribution is -0.201. The Balaban J connectivity index is 1.13. The second-order valence-electron chi connectivity index (χ2n) is 27.3. The lowest BCUT2D eigenvalue weighted by Crippen LogP contribution is -2.68. The van der Waals surface area contributed by atoms with Crippen molar-refractivity contribution in [2.75, 3.05) is 19.7 Å². The number of guanidine groups is 1. The molecule has 1 aliphatic heterocycles. The summed E-state index contributed by atoms with van der Waals surface area (Å²) in [6.07, 6.45) is 12.5. The Labute approximate surface area is 479 Å². The number of unbranched alkanes of at least 4 members (excludes halogenated alkanes) is 2. The Morgan fingerprint density at radius 1 is 0.938 bits per heavy atom. The zero-order valence-electron chi connectivity index (χ0n) is 48.7. The molecule has 0 bridgehead atoms. The molecular formula is C66H93N5O10. The van der Waals surface area contributed by atoms with E-state index in [4.69, 9.17) is 16.2 Å². The first-order valence-corrected chi connectivity index (χ1v) is 30.9. The fraction of sp³-hybridized carbons (Fsp3) is 0.697. The third-order valence-corrected chi connectivity index (χ3v) is 22.9. The van der Waals surface area contributed by atoms with Gasteiger partial charge in [-0.3, -0.25) is 19.4 Å². The lowest BCUT2D eigenvalue weighted by atomic mass is 9.39. The van der Waals surface area contributed by atoms with E-state index in [0.717, 1.165) is 56.1 Å². The van der Waals surface area contributed by atoms with E-state index < -0.39 is 69.4 Å². The molecule has 2 aromatic rings. The van der Waals surface area contributed by atoms with E-state index in [0.29, 0.717) is 49.5 Å². The zero-order chi connectivity index (χ0) is 57.8. The summed E-state index contributed by atoms with van der Waals surface area (Å²) in [6, 6.07) is 8.66. The lowest BCUT2D eigenvalue weighted by Gasteiger charge is -2.66. The zero-order valence-corrected chi connectivity index (χ0v) is 48.7. The standard InChI is InChI=1S/C66H93N5O10/c1-6-7-8-24-65-34-53(75)52(74)33-62(65,4)51-22-25-64(26-28-70-61(67)68)58-43(32-66(64,80)56(51)57(59(65)77)71-36-46(73)20-15-40-13-18-45(72)19-14-40)11-9-10-42(50-37-81-60(78)55(50)44-23-27-69-35-44)31-49-47(39(3)30-54(76)63(58,5)79)21-17-41-16-12-38(2)29-48(41)49/h13-14,17-19,23,27,35,38-39,42-43,47-55,58,69,71-72,74-76,79-80H,6-8,11-12,15-16,20-22,24-26,28-34,36-37H2,1-5H3,(H4,67,68,70)/t38-,39-,42-,43+,47+,48+,49+,50-,51+,52+,53-,54-,55+,58-,62-,63+,64+,65+,66-/m1/s1. The van der Waals surface area contributed by atoms with Crippen molar-refractivity contribution in [3.63, 3.8) is 0 Å². The first-order valence-electron chi connectivity index (χ1n) is 30.9. The number of aromatic nitrogens is 1. The van der Waals surface area contributed by atoms with Crippen molar-refractivity contribution < 1.29 is 49.8 Å². The number of nitrogens with one attached hydrogen (secondary N) is 2. The number of cyclic esters (lactones) is 1. The Morgan fingerprint density at radius 2 is 1.70 bits per heavy atom. The summed E-state index contributed by atoms with van der Waals surface area (Å²) in [6.45, 7) is 10.5. The number of esters is 1. The number of rotatable bonds is 15. The van der Waals surface area contributed by atoms with Gasteiger partial charge in [0.25, 0.3) is 0 Å². The number of fused-ring (bicyclic) bond motifs is 10. The predicted molar refractivity (Wildman–Crippen MR) is 309 cm³/mol. The molecule has 8 aliphatic rings. The van der Waals surface area contributed by atoms with Crippen LogP contribution in [0.3, 0.4) is 0 Å². The van der Waals surface area contributed by atoms with Crippen LogP contribution in [0.4, 0.5) is 0 Å². The molecule has 15 heteroatoms. The van der Waals surface area contributed by atoms with Gasteiger partial charge in [-0.2, -0.15) is 0 Å². The van der Waals surface area contributed by atoms with Gasteiger partial charge in [-0.05, 0) is 179 Å². The van der Waals surface area contributed by atoms with E-state index in [1.807, 2.05) is 18.5 Å². The number of aryl methyl sites for hydroxylation is 1. The number of carbonyl (C=O) groups is 3. The Morgan fingerprint density at radius 3 is 2.43 bits per heavy atom. The average Bonchev–Trinajstić information content (AvgIpc) is 4.31. The summed E-state index contributed by atoms with van der Waals surface area (Å²) in [7, 11) is 0. The summed E-state index contributed by atoms with van der Waals surface area (Å²) >= 11 is 0. The number of H-pyrrole nitrogens is 1. The molecule has 0 amide bonds. The Bertz CT molecular complexity index is 2790. The highest BCUT2D eigenvalue weighted by Crippen LogP contribution is 2.74. The number of ketones is 2. The average molecular weight is 1120 g/mol. The highest BCUT2D eigenvalue weighted by atomic mass is 16.5. The van der Waals surface area contributed by atoms with Gasteiger partial charge in [-0.1, -0.05) is 76.7 Å². The van der Waals surface area contributed by atoms with Crippen LogP contribution < -0.4 is 16.8 Å². The number of nitrogens with two attached hydrogens (primary N) is 2. The predicted octanol–water partition coefficient (Wildman–Crippen LogP) is 7.67. The maximum Gasteiger partial charge on any atom is 0.313 e. The van der Waals surface area contributed by atoms with Gasteiger partial charge in [-0.15, -0.1) is 5.92 Å². The quantitative estimate of drug-likeness (QED) is 0.0205. The van der Waals surface area contributed by atoms with Crippen LogP contribution in [0.2, 0.25) is 0 Å². The van der Waals surface area contributed by atoms with Crippen LogP contribution in [0.25, 0.3) is 0 Å². The summed E-state index contributed by atoms with van der Waals surface area (Å²) in [5.41, 5.74) is 8.94. The van der Waals surface area contributed by atoms with Crippen LogP contribution >= 0.6 is 0 Å². The monoisotopic (exact) mass is 1120 g/mol. The number of nitrogens with zero attached hydrogens (tertiary/aromatic N) is 1. The molecule has 81 heavy (non-hydrogen) atoms. The number of benzene rings is 1. The summed E-state index contributed by atoms with van der Waals surface area (Å²) < 4.78 is 5.96. The van der Waals surface area contributed by atoms with Crippen molar-refractivity contribution in [3.05, 3.63) is 76.8 Å². The molecule has 1 aromatic carbocycles. The number of Topliss-reactive ketones (excluding diaryl/α,β-unsaturated/α-hetero) is 2. The van der Waals surface area contributed by atoms with Crippen LogP contribution in [0, 0.1) is 87.3 Å². The number of aliphatic hydroxyl groups excluding tert-OH is 3. The van der Waals surface area contributed by atoms with Gasteiger partial charge in [0.1, 0.15) is 5.75 Å². The largest absolute Gasteiger partial charge is 0.508 e. The number of ether oxygens (including phenoxy) is 1. The maximum absolute atomic E-state index is 16.3. The number of hydrogen-bond acceptors (Lipinski definition) is 12. The van der Waals surface area contributed by atoms with Crippen LogP contribution in [0.1, 0.15) is 167 Å². The molecule has 15 nitrogen and oxygen atoms in total. The van der Waals surface area contributed by atoms with E-state index >= 15 is 4.79 Å². The smallest absolute Gasteiger partial charge is 0.313 e. The van der Waals surface area contributed by atoms with Crippen molar-refractivity contribution >= 4 is 23.5 Å². The number of aliphatic hydroxyl groups is 5. The van der Waals surface area contributed by atoms with Gasteiger partial charge in [0.2, 0.25) is 0 Å². The topological polar surface area (TPSA) is 274 Å². The molecule has 10 rings (SSSR count). The molecule has 4 saturated carbocycles. The van der Waals surface area contributed by atoms with Crippen LogP contribution in [0.5, 0.6) is 5.75 Å². The molecule has 19 atom stereocenters. The van der Waals surface area contributed by atoms with E-state index in [1.165, 1.54) is 5.57 Å². The highest BCUT2D eigenvalue weighted by molar-refractivity contribution is 6.03. The number of phenolic OH excluding ortho intramolecular Hbond substituents is 1. The first kappa shape index (κ1) is 59.2. The number of aromatic amines is 1. The summed E-state index contributed by atoms with van der Waals surface area (Å²) in [5.74, 6) is 5.08. The highest BCUT2D eigenvalue weighted by Gasteiger charge is 2.76. The fourth-order valence-corrected chi connectivity index (χ4v) is 18.8. The number of allylic oxidation sites excluding steroid dienone is 3. The first-order chi connectivity index (χ1) is 38.6. The molecule has 7 aliphatic carbocycles. The second kappa shape index (κ2) is 23.2. The van der Waals surface area contributed by atoms with E-state index in [9.17, 15) is 40.2 Å². The molecule has 0 unspecified atom stereocenters. The van der Waals surface area contributed by atoms with E-state index in [-0.39, 0.29) is 129 Å². The number of aromatic hydroxyl groups is 1. The molecule has 5 fully saturated rings. The third-order valence-electron chi connectivity index (χ3n) is 22.9. The van der Waals surface area contributed by atoms with E-state index in [1.54, 1.807) is 31.2 Å². The van der Waals surface area contributed by atoms with Crippen LogP contribution in [0.15, 0.2) is 70.6 Å². The maximum atomic E-state index is 16.3. The van der Waals surface area contributed by atoms with Crippen LogP contribution in [-0.4, -0.2) is 108 Å². The van der Waals surface area contributed by atoms with Crippen molar-refractivity contribution in [1.82, 2.24) is 10.3 Å². The minimum Gasteiger partial charge on any atom is -0.508 e. The molecule has 0 radical (unpaired) electrons. The van der Waals surface area contributed by atoms with Crippen LogP contribution in [-0.2, 0) is 25.5 Å². The summed E-state index contributed by atoms with van der Waals surface area (Å²) in [4.78, 5) is 52.0. The van der Waals surface area contributed by atoms with Crippen molar-refractivity contribution in [1.29, 1.82) is 0 Å². The van der Waals surface area contributed by atoms with Gasteiger partial charge in [0.15, 0.2) is 17.5 Å². The van der Waals surface area contributed by atoms with E-state index in [2.05, 4.69) is 60.9 Å². The molecular weight excluding hydrogens is 1020 g/mol. The fourth-order valence-electron chi connectivity index (χ4n) is 18.8. The summed E-state index contributed by atoms with van der Waals surface area (Å²) in [5, 5.41) is 78.4. The second-order valence-corrected chi connectivity index (χ2v) is 27.3. The number of aliphatic imine (C=N–C) groups is 1. The number of carbonyl (C=O) groups excluding carboxylic acids is 3. The molecule has 2 heterocycles. The van der Waals surface area contributed by atoms with Crippen molar-refractivity contribution in [2.45, 2.75) is 192 Å². The molecule has 12 N–H and O–H groups in total.